The number of pyridine rings is 1. The molecule has 4 rings (SSSR count). The first-order valence-corrected chi connectivity index (χ1v) is 9.52. The third-order valence-corrected chi connectivity index (χ3v) is 5.48. The summed E-state index contributed by atoms with van der Waals surface area (Å²) in [6.07, 6.45) is 0.534. The van der Waals surface area contributed by atoms with Crippen molar-refractivity contribution in [3.63, 3.8) is 0 Å². The predicted molar refractivity (Wildman–Crippen MR) is 109 cm³/mol. The Morgan fingerprint density at radius 1 is 1.04 bits per heavy atom. The van der Waals surface area contributed by atoms with E-state index < -0.39 is 12.1 Å². The van der Waals surface area contributed by atoms with E-state index in [-0.39, 0.29) is 0 Å². The molecule has 0 saturated carbocycles. The third kappa shape index (κ3) is 3.28. The molecule has 2 heterocycles. The molecule has 140 valence electrons. The molecule has 1 N–H and O–H groups in total. The second-order valence-electron chi connectivity index (χ2n) is 6.12. The number of carbonyl (C=O) groups is 1. The average Bonchev–Trinajstić information content (AvgIpc) is 3.08. The fourth-order valence-corrected chi connectivity index (χ4v) is 4.20. The Kier molecular flexibility index (Phi) is 5.14. The van der Waals surface area contributed by atoms with Crippen LogP contribution in [0.2, 0.25) is 0 Å². The molecule has 2 aromatic heterocycles. The number of ether oxygens (including phenoxy) is 1. The molecule has 6 heteroatoms. The molecule has 5 nitrogen and oxygen atoms in total. The minimum Gasteiger partial charge on any atom is -0.465 e. The first-order valence-electron chi connectivity index (χ1n) is 8.74. The quantitative estimate of drug-likeness (QED) is 0.510. The zero-order chi connectivity index (χ0) is 19.5. The van der Waals surface area contributed by atoms with Crippen molar-refractivity contribution in [1.29, 1.82) is 0 Å². The normalized spacial score (nSPS) is 12.1. The van der Waals surface area contributed by atoms with E-state index in [2.05, 4.69) is 4.98 Å². The van der Waals surface area contributed by atoms with E-state index >= 15 is 0 Å². The number of aliphatic hydroxyl groups is 1. The summed E-state index contributed by atoms with van der Waals surface area (Å²) >= 11 is 1.44. The summed E-state index contributed by atoms with van der Waals surface area (Å²) in [6, 6.07) is 22.7. The monoisotopic (exact) mass is 390 g/mol. The number of hydrogen-bond acceptors (Lipinski definition) is 5. The molecule has 0 aliphatic carbocycles. The van der Waals surface area contributed by atoms with Crippen molar-refractivity contribution in [2.75, 3.05) is 7.11 Å². The van der Waals surface area contributed by atoms with Crippen LogP contribution in [-0.4, -0.2) is 27.1 Å². The molecule has 0 fully saturated rings. The molecule has 0 radical (unpaired) electrons. The molecule has 4 aromatic rings. The predicted octanol–water partition coefficient (Wildman–Crippen LogP) is 4.46. The van der Waals surface area contributed by atoms with Gasteiger partial charge in [0.1, 0.15) is 6.10 Å². The van der Waals surface area contributed by atoms with Gasteiger partial charge in [-0.25, -0.2) is 4.79 Å². The highest BCUT2D eigenvalue weighted by molar-refractivity contribution is 7.98. The van der Waals surface area contributed by atoms with Crippen LogP contribution < -0.4 is 0 Å². The minimum atomic E-state index is -1.08. The minimum absolute atomic E-state index is 0.347. The number of carbonyl (C=O) groups excluding carboxylic acids is 1. The molecule has 1 atom stereocenters. The molecular formula is C22H18N2O3S. The van der Waals surface area contributed by atoms with Crippen LogP contribution >= 0.6 is 11.9 Å². The van der Waals surface area contributed by atoms with Gasteiger partial charge in [0.15, 0.2) is 0 Å². The van der Waals surface area contributed by atoms with E-state index in [1.54, 1.807) is 24.4 Å². The van der Waals surface area contributed by atoms with Crippen LogP contribution in [0, 0.1) is 0 Å². The van der Waals surface area contributed by atoms with Crippen molar-refractivity contribution < 1.29 is 14.6 Å². The van der Waals surface area contributed by atoms with Gasteiger partial charge < -0.3 is 9.84 Å². The largest absolute Gasteiger partial charge is 0.465 e. The van der Waals surface area contributed by atoms with Crippen LogP contribution in [0.3, 0.4) is 0 Å². The van der Waals surface area contributed by atoms with Crippen LogP contribution in [0.25, 0.3) is 10.9 Å². The summed E-state index contributed by atoms with van der Waals surface area (Å²) in [6.45, 7) is 0. The van der Waals surface area contributed by atoms with Gasteiger partial charge in [-0.15, -0.1) is 0 Å². The topological polar surface area (TPSA) is 64.3 Å². The van der Waals surface area contributed by atoms with Gasteiger partial charge in [0, 0.05) is 16.5 Å². The number of hydrogen-bond donors (Lipinski definition) is 1. The summed E-state index contributed by atoms with van der Waals surface area (Å²) in [5.74, 6) is -0.492. The summed E-state index contributed by atoms with van der Waals surface area (Å²) < 4.78 is 6.93. The van der Waals surface area contributed by atoms with Crippen LogP contribution in [0.4, 0.5) is 0 Å². The third-order valence-electron chi connectivity index (χ3n) is 4.42. The highest BCUT2D eigenvalue weighted by atomic mass is 32.2. The zero-order valence-corrected chi connectivity index (χ0v) is 16.0. The lowest BCUT2D eigenvalue weighted by Crippen LogP contribution is -2.12. The second kappa shape index (κ2) is 7.88. The number of aromatic nitrogens is 2. The van der Waals surface area contributed by atoms with Crippen molar-refractivity contribution in [2.24, 2.45) is 0 Å². The summed E-state index contributed by atoms with van der Waals surface area (Å²) in [5, 5.41) is 11.9. The van der Waals surface area contributed by atoms with Gasteiger partial charge in [0.25, 0.3) is 0 Å². The van der Waals surface area contributed by atoms with Gasteiger partial charge >= 0.3 is 5.97 Å². The molecule has 0 amide bonds. The maximum absolute atomic E-state index is 12.7. The van der Waals surface area contributed by atoms with E-state index in [0.29, 0.717) is 17.0 Å². The van der Waals surface area contributed by atoms with Gasteiger partial charge in [-0.3, -0.25) is 8.96 Å². The Morgan fingerprint density at radius 2 is 1.75 bits per heavy atom. The van der Waals surface area contributed by atoms with Crippen LogP contribution in [-0.2, 0) is 4.74 Å². The highest BCUT2D eigenvalue weighted by Gasteiger charge is 2.29. The molecule has 28 heavy (non-hydrogen) atoms. The van der Waals surface area contributed by atoms with Crippen LogP contribution in [0.5, 0.6) is 0 Å². The number of benzene rings is 2. The van der Waals surface area contributed by atoms with Gasteiger partial charge in [0.2, 0.25) is 0 Å². The average molecular weight is 390 g/mol. The molecule has 2 aromatic carbocycles. The Morgan fingerprint density at radius 3 is 2.46 bits per heavy atom. The Balaban J connectivity index is 1.99. The molecule has 0 saturated heterocycles. The smallest absolute Gasteiger partial charge is 0.340 e. The first-order chi connectivity index (χ1) is 13.7. The number of nitrogens with zero attached hydrogens (tertiary/aromatic N) is 2. The molecule has 0 bridgehead atoms. The number of fused-ring (bicyclic) bond motifs is 1. The Labute approximate surface area is 166 Å². The van der Waals surface area contributed by atoms with Crippen LogP contribution in [0.15, 0.2) is 83.9 Å². The number of rotatable bonds is 5. The van der Waals surface area contributed by atoms with E-state index in [1.807, 2.05) is 58.6 Å². The molecule has 0 aliphatic rings. The van der Waals surface area contributed by atoms with Gasteiger partial charge in [-0.1, -0.05) is 42.5 Å². The van der Waals surface area contributed by atoms with E-state index in [1.165, 1.54) is 19.1 Å². The summed E-state index contributed by atoms with van der Waals surface area (Å²) in [4.78, 5) is 17.9. The maximum Gasteiger partial charge on any atom is 0.340 e. The molecule has 0 aliphatic heterocycles. The van der Waals surface area contributed by atoms with Crippen molar-refractivity contribution >= 4 is 28.8 Å². The van der Waals surface area contributed by atoms with Gasteiger partial charge in [-0.2, -0.15) is 0 Å². The lowest BCUT2D eigenvalue weighted by molar-refractivity contribution is 0.0597. The van der Waals surface area contributed by atoms with E-state index in [4.69, 9.17) is 4.74 Å². The van der Waals surface area contributed by atoms with Gasteiger partial charge in [-0.05, 0) is 42.3 Å². The Hall–Kier alpha value is -3.09. The summed E-state index contributed by atoms with van der Waals surface area (Å²) in [7, 11) is 1.34. The number of esters is 1. The number of para-hydroxylation sites is 1. The fourth-order valence-electron chi connectivity index (χ4n) is 3.16. The fraction of sp³-hybridized carbons (Fsp3) is 0.0909. The van der Waals surface area contributed by atoms with Crippen molar-refractivity contribution in [3.05, 3.63) is 95.9 Å². The Bertz CT molecular complexity index is 1110. The lowest BCUT2D eigenvalue weighted by atomic mass is 10.1. The standard InChI is InChI=1S/C22H18N2O3S/c1-27-22(26)19-16-11-5-6-13-18(16)24(28-15-9-3-2-4-10-15)20(19)21(25)17-12-7-8-14-23-17/h2-14,21,25H,1H3. The summed E-state index contributed by atoms with van der Waals surface area (Å²) in [5.41, 5.74) is 2.08. The zero-order valence-electron chi connectivity index (χ0n) is 15.1. The van der Waals surface area contributed by atoms with Gasteiger partial charge in [0.05, 0.1) is 29.6 Å². The van der Waals surface area contributed by atoms with Crippen molar-refractivity contribution in [3.8, 4) is 0 Å². The van der Waals surface area contributed by atoms with Crippen molar-refractivity contribution in [2.45, 2.75) is 11.0 Å². The molecule has 0 spiro atoms. The van der Waals surface area contributed by atoms with E-state index in [9.17, 15) is 9.90 Å². The molecular weight excluding hydrogens is 372 g/mol. The SMILES string of the molecule is COC(=O)c1c(C(O)c2ccccn2)n(Sc2ccccc2)c2ccccc12. The lowest BCUT2D eigenvalue weighted by Gasteiger charge is -2.16. The van der Waals surface area contributed by atoms with Crippen LogP contribution in [0.1, 0.15) is 27.8 Å². The highest BCUT2D eigenvalue weighted by Crippen LogP contribution is 2.38. The second-order valence-corrected chi connectivity index (χ2v) is 7.14. The maximum atomic E-state index is 12.7. The van der Waals surface area contributed by atoms with E-state index in [0.717, 1.165) is 15.8 Å². The number of aliphatic hydroxyl groups excluding tert-OH is 1. The molecule has 1 unspecified atom stereocenters. The first kappa shape index (κ1) is 18.3. The number of methoxy groups -OCH3 is 1. The van der Waals surface area contributed by atoms with Crippen molar-refractivity contribution in [1.82, 2.24) is 8.96 Å².